The van der Waals surface area contributed by atoms with Crippen molar-refractivity contribution < 1.29 is 13.9 Å². The van der Waals surface area contributed by atoms with Gasteiger partial charge in [0.2, 0.25) is 0 Å². The van der Waals surface area contributed by atoms with Crippen molar-refractivity contribution >= 4 is 6.03 Å². The van der Waals surface area contributed by atoms with Crippen molar-refractivity contribution in [2.45, 2.75) is 26.8 Å². The van der Waals surface area contributed by atoms with Gasteiger partial charge in [-0.25, -0.2) is 4.79 Å². The number of amides is 2. The van der Waals surface area contributed by atoms with E-state index < -0.39 is 0 Å². The van der Waals surface area contributed by atoms with E-state index in [4.69, 9.17) is 9.15 Å². The monoisotopic (exact) mass is 254 g/mol. The van der Waals surface area contributed by atoms with Crippen LogP contribution in [0.1, 0.15) is 26.0 Å². The molecule has 0 atom stereocenters. The summed E-state index contributed by atoms with van der Waals surface area (Å²) in [5.74, 6) is 1.29. The van der Waals surface area contributed by atoms with Crippen molar-refractivity contribution in [3.8, 4) is 0 Å². The molecule has 0 aliphatic rings. The van der Waals surface area contributed by atoms with Gasteiger partial charge in [0, 0.05) is 19.8 Å². The number of hydrogen-bond acceptors (Lipinski definition) is 3. The van der Waals surface area contributed by atoms with Gasteiger partial charge in [0.25, 0.3) is 0 Å². The summed E-state index contributed by atoms with van der Waals surface area (Å²) in [5.41, 5.74) is 0. The van der Waals surface area contributed by atoms with Gasteiger partial charge in [-0.15, -0.1) is 0 Å². The fourth-order valence-corrected chi connectivity index (χ4v) is 1.34. The van der Waals surface area contributed by atoms with Crippen molar-refractivity contribution in [3.05, 3.63) is 24.2 Å². The molecular formula is C13H22N2O3. The maximum absolute atomic E-state index is 11.4. The Morgan fingerprint density at radius 1 is 1.44 bits per heavy atom. The van der Waals surface area contributed by atoms with Crippen LogP contribution < -0.4 is 10.6 Å². The van der Waals surface area contributed by atoms with E-state index in [2.05, 4.69) is 24.5 Å². The predicted octanol–water partition coefficient (Wildman–Crippen LogP) is 2.14. The molecule has 0 aromatic carbocycles. The molecule has 5 heteroatoms. The number of urea groups is 1. The number of carbonyl (C=O) groups is 1. The number of nitrogens with one attached hydrogen (secondary N) is 2. The number of carbonyl (C=O) groups excluding carboxylic acids is 1. The van der Waals surface area contributed by atoms with Gasteiger partial charge in [-0.3, -0.25) is 0 Å². The number of hydrogen-bond donors (Lipinski definition) is 2. The van der Waals surface area contributed by atoms with Gasteiger partial charge in [-0.2, -0.15) is 0 Å². The van der Waals surface area contributed by atoms with Crippen LogP contribution in [-0.4, -0.2) is 25.8 Å². The maximum atomic E-state index is 11.4. The molecule has 0 spiro atoms. The van der Waals surface area contributed by atoms with E-state index in [9.17, 15) is 4.79 Å². The Morgan fingerprint density at radius 3 is 2.94 bits per heavy atom. The highest BCUT2D eigenvalue weighted by Gasteiger charge is 2.01. The van der Waals surface area contributed by atoms with Crippen molar-refractivity contribution in [2.75, 3.05) is 19.8 Å². The van der Waals surface area contributed by atoms with E-state index in [-0.39, 0.29) is 6.03 Å². The zero-order valence-electron chi connectivity index (χ0n) is 11.1. The summed E-state index contributed by atoms with van der Waals surface area (Å²) < 4.78 is 10.5. The summed E-state index contributed by atoms with van der Waals surface area (Å²) >= 11 is 0. The van der Waals surface area contributed by atoms with Gasteiger partial charge in [0.15, 0.2) is 0 Å². The molecule has 2 N–H and O–H groups in total. The second-order valence-corrected chi connectivity index (χ2v) is 4.51. The molecule has 0 bridgehead atoms. The van der Waals surface area contributed by atoms with Crippen LogP contribution in [0.15, 0.2) is 22.8 Å². The molecule has 1 rings (SSSR count). The molecule has 1 aromatic rings. The summed E-state index contributed by atoms with van der Waals surface area (Å²) in [4.78, 5) is 11.4. The highest BCUT2D eigenvalue weighted by molar-refractivity contribution is 5.73. The first-order valence-corrected chi connectivity index (χ1v) is 6.30. The number of rotatable bonds is 8. The van der Waals surface area contributed by atoms with Crippen LogP contribution in [0.5, 0.6) is 0 Å². The maximum Gasteiger partial charge on any atom is 0.315 e. The predicted molar refractivity (Wildman–Crippen MR) is 69.2 cm³/mol. The summed E-state index contributed by atoms with van der Waals surface area (Å²) in [6, 6.07) is 3.43. The van der Waals surface area contributed by atoms with E-state index in [0.717, 1.165) is 18.8 Å². The minimum atomic E-state index is -0.185. The van der Waals surface area contributed by atoms with Crippen molar-refractivity contribution in [1.82, 2.24) is 10.6 Å². The first-order chi connectivity index (χ1) is 8.68. The van der Waals surface area contributed by atoms with Crippen LogP contribution in [0, 0.1) is 5.92 Å². The van der Waals surface area contributed by atoms with Gasteiger partial charge in [0.1, 0.15) is 5.76 Å². The van der Waals surface area contributed by atoms with E-state index >= 15 is 0 Å². The molecule has 0 aliphatic carbocycles. The minimum Gasteiger partial charge on any atom is -0.467 e. The van der Waals surface area contributed by atoms with Crippen molar-refractivity contribution in [2.24, 2.45) is 5.92 Å². The molecule has 102 valence electrons. The molecule has 0 saturated heterocycles. The van der Waals surface area contributed by atoms with E-state index in [0.29, 0.717) is 25.6 Å². The quantitative estimate of drug-likeness (QED) is 0.699. The summed E-state index contributed by atoms with van der Waals surface area (Å²) in [6.07, 6.45) is 2.40. The van der Waals surface area contributed by atoms with Crippen LogP contribution in [0.25, 0.3) is 0 Å². The molecule has 1 aromatic heterocycles. The Balaban J connectivity index is 1.94. The molecule has 1 heterocycles. The second kappa shape index (κ2) is 8.58. The van der Waals surface area contributed by atoms with Crippen LogP contribution in [0.4, 0.5) is 4.79 Å². The molecule has 18 heavy (non-hydrogen) atoms. The van der Waals surface area contributed by atoms with Gasteiger partial charge in [0.05, 0.1) is 12.8 Å². The first kappa shape index (κ1) is 14.6. The highest BCUT2D eigenvalue weighted by atomic mass is 16.5. The zero-order valence-corrected chi connectivity index (χ0v) is 11.1. The molecule has 0 aliphatic heterocycles. The Morgan fingerprint density at radius 2 is 2.28 bits per heavy atom. The average Bonchev–Trinajstić information content (AvgIpc) is 2.83. The minimum absolute atomic E-state index is 0.185. The van der Waals surface area contributed by atoms with E-state index in [1.54, 1.807) is 12.3 Å². The molecule has 0 unspecified atom stereocenters. The summed E-state index contributed by atoms with van der Waals surface area (Å²) in [7, 11) is 0. The Labute approximate surface area is 108 Å². The molecule has 5 nitrogen and oxygen atoms in total. The van der Waals surface area contributed by atoms with Crippen LogP contribution in [-0.2, 0) is 11.3 Å². The number of ether oxygens (including phenoxy) is 1. The van der Waals surface area contributed by atoms with Gasteiger partial charge in [-0.05, 0) is 24.5 Å². The average molecular weight is 254 g/mol. The lowest BCUT2D eigenvalue weighted by molar-refractivity contribution is 0.108. The Bertz CT molecular complexity index is 323. The summed E-state index contributed by atoms with van der Waals surface area (Å²) in [5, 5.41) is 5.47. The van der Waals surface area contributed by atoms with Crippen molar-refractivity contribution in [1.29, 1.82) is 0 Å². The third-order valence-corrected chi connectivity index (χ3v) is 2.21. The molecule has 0 fully saturated rings. The molecular weight excluding hydrogens is 232 g/mol. The number of furan rings is 1. The highest BCUT2D eigenvalue weighted by Crippen LogP contribution is 1.98. The molecule has 0 radical (unpaired) electrons. The van der Waals surface area contributed by atoms with Gasteiger partial charge >= 0.3 is 6.03 Å². The normalized spacial score (nSPS) is 10.6. The lowest BCUT2D eigenvalue weighted by atomic mass is 10.2. The molecule has 0 saturated carbocycles. The fraction of sp³-hybridized carbons (Fsp3) is 0.615. The lowest BCUT2D eigenvalue weighted by Gasteiger charge is -2.08. The van der Waals surface area contributed by atoms with Crippen molar-refractivity contribution in [3.63, 3.8) is 0 Å². The standard InChI is InChI=1S/C13H22N2O3/c1-11(2)10-17-7-4-6-14-13(16)15-9-12-5-3-8-18-12/h3,5,8,11H,4,6-7,9-10H2,1-2H3,(H2,14,15,16). The summed E-state index contributed by atoms with van der Waals surface area (Å²) in [6.45, 7) is 6.69. The largest absolute Gasteiger partial charge is 0.467 e. The van der Waals surface area contributed by atoms with E-state index in [1.165, 1.54) is 0 Å². The zero-order chi connectivity index (χ0) is 13.2. The Hall–Kier alpha value is -1.49. The third kappa shape index (κ3) is 6.96. The topological polar surface area (TPSA) is 63.5 Å². The smallest absolute Gasteiger partial charge is 0.315 e. The first-order valence-electron chi connectivity index (χ1n) is 6.30. The van der Waals surface area contributed by atoms with Crippen LogP contribution in [0.3, 0.4) is 0 Å². The van der Waals surface area contributed by atoms with E-state index in [1.807, 2.05) is 6.07 Å². The Kier molecular flexibility index (Phi) is 6.94. The SMILES string of the molecule is CC(C)COCCCNC(=O)NCc1ccco1. The van der Waals surface area contributed by atoms with Crippen LogP contribution >= 0.6 is 0 Å². The van der Waals surface area contributed by atoms with Gasteiger partial charge < -0.3 is 19.8 Å². The lowest BCUT2D eigenvalue weighted by Crippen LogP contribution is -2.35. The van der Waals surface area contributed by atoms with Gasteiger partial charge in [-0.1, -0.05) is 13.8 Å². The second-order valence-electron chi connectivity index (χ2n) is 4.51. The van der Waals surface area contributed by atoms with Crippen LogP contribution in [0.2, 0.25) is 0 Å². The third-order valence-electron chi connectivity index (χ3n) is 2.21. The fourth-order valence-electron chi connectivity index (χ4n) is 1.34. The molecule has 2 amide bonds.